The van der Waals surface area contributed by atoms with Crippen LogP contribution in [0.15, 0.2) is 18.2 Å². The number of hydrogen-bond donors (Lipinski definition) is 2. The highest BCUT2D eigenvalue weighted by molar-refractivity contribution is 5.95. The van der Waals surface area contributed by atoms with Crippen LogP contribution in [0.4, 0.5) is 5.69 Å². The summed E-state index contributed by atoms with van der Waals surface area (Å²) in [5, 5.41) is 6.47. The molecule has 0 bridgehead atoms. The number of anilines is 1. The van der Waals surface area contributed by atoms with Crippen molar-refractivity contribution in [3.63, 3.8) is 0 Å². The van der Waals surface area contributed by atoms with Crippen LogP contribution in [-0.2, 0) is 17.8 Å². The molecule has 1 fully saturated rings. The highest BCUT2D eigenvalue weighted by atomic mass is 16.2. The topological polar surface area (TPSA) is 41.1 Å². The van der Waals surface area contributed by atoms with Gasteiger partial charge in [-0.1, -0.05) is 26.0 Å². The summed E-state index contributed by atoms with van der Waals surface area (Å²) < 4.78 is 0. The maximum atomic E-state index is 12.1. The van der Waals surface area contributed by atoms with Gasteiger partial charge in [0.15, 0.2) is 0 Å². The number of benzene rings is 1. The molecule has 2 N–H and O–H groups in total. The SMILES string of the molecule is CC1(C)CC1C(=O)Nc1cccc2c1CNCC2. The van der Waals surface area contributed by atoms with Gasteiger partial charge in [-0.15, -0.1) is 0 Å². The van der Waals surface area contributed by atoms with Gasteiger partial charge in [-0.05, 0) is 42.0 Å². The number of fused-ring (bicyclic) bond motifs is 1. The van der Waals surface area contributed by atoms with Crippen molar-refractivity contribution in [3.05, 3.63) is 29.3 Å². The van der Waals surface area contributed by atoms with E-state index in [4.69, 9.17) is 0 Å². The van der Waals surface area contributed by atoms with Crippen molar-refractivity contribution in [1.82, 2.24) is 5.32 Å². The Morgan fingerprint density at radius 2 is 2.22 bits per heavy atom. The molecule has 0 radical (unpaired) electrons. The van der Waals surface area contributed by atoms with Gasteiger partial charge in [0.25, 0.3) is 0 Å². The van der Waals surface area contributed by atoms with Gasteiger partial charge >= 0.3 is 0 Å². The monoisotopic (exact) mass is 244 g/mol. The molecule has 3 rings (SSSR count). The molecule has 2 aliphatic rings. The summed E-state index contributed by atoms with van der Waals surface area (Å²) in [6.07, 6.45) is 2.06. The van der Waals surface area contributed by atoms with E-state index in [1.807, 2.05) is 12.1 Å². The Morgan fingerprint density at radius 1 is 1.44 bits per heavy atom. The molecule has 1 aromatic rings. The molecule has 1 saturated carbocycles. The molecule has 3 heteroatoms. The summed E-state index contributed by atoms with van der Waals surface area (Å²) >= 11 is 0. The molecule has 0 spiro atoms. The zero-order valence-electron chi connectivity index (χ0n) is 11.0. The van der Waals surface area contributed by atoms with E-state index in [1.54, 1.807) is 0 Å². The van der Waals surface area contributed by atoms with E-state index in [9.17, 15) is 4.79 Å². The average molecular weight is 244 g/mol. The lowest BCUT2D eigenvalue weighted by Crippen LogP contribution is -2.26. The lowest BCUT2D eigenvalue weighted by molar-refractivity contribution is -0.118. The van der Waals surface area contributed by atoms with E-state index >= 15 is 0 Å². The van der Waals surface area contributed by atoms with Crippen LogP contribution in [0.3, 0.4) is 0 Å². The molecule has 1 amide bonds. The summed E-state index contributed by atoms with van der Waals surface area (Å²) in [6.45, 7) is 6.19. The van der Waals surface area contributed by atoms with Crippen LogP contribution < -0.4 is 10.6 Å². The first-order chi connectivity index (χ1) is 8.58. The quantitative estimate of drug-likeness (QED) is 0.838. The molecule has 1 aliphatic heterocycles. The molecule has 1 aromatic carbocycles. The Hall–Kier alpha value is -1.35. The summed E-state index contributed by atoms with van der Waals surface area (Å²) in [7, 11) is 0. The lowest BCUT2D eigenvalue weighted by atomic mass is 9.99. The Balaban J connectivity index is 1.79. The number of carbonyl (C=O) groups excluding carboxylic acids is 1. The van der Waals surface area contributed by atoms with Crippen LogP contribution in [0, 0.1) is 11.3 Å². The molecule has 96 valence electrons. The predicted octanol–water partition coefficient (Wildman–Crippen LogP) is 2.32. The fourth-order valence-electron chi connectivity index (χ4n) is 2.77. The number of carbonyl (C=O) groups is 1. The second-order valence-electron chi connectivity index (χ2n) is 6.10. The number of hydrogen-bond acceptors (Lipinski definition) is 2. The molecule has 1 atom stereocenters. The van der Waals surface area contributed by atoms with Gasteiger partial charge in [-0.2, -0.15) is 0 Å². The minimum atomic E-state index is 0.180. The smallest absolute Gasteiger partial charge is 0.228 e. The molecule has 1 aliphatic carbocycles. The van der Waals surface area contributed by atoms with Crippen molar-refractivity contribution in [2.45, 2.75) is 33.2 Å². The van der Waals surface area contributed by atoms with Gasteiger partial charge in [0.2, 0.25) is 5.91 Å². The standard InChI is InChI=1S/C15H20N2O/c1-15(2)8-12(15)14(18)17-13-5-3-4-10-6-7-16-9-11(10)13/h3-5,12,16H,6-9H2,1-2H3,(H,17,18). The van der Waals surface area contributed by atoms with E-state index in [-0.39, 0.29) is 17.2 Å². The second kappa shape index (κ2) is 4.09. The molecular formula is C15H20N2O. The van der Waals surface area contributed by atoms with Gasteiger partial charge in [0.1, 0.15) is 0 Å². The normalized spacial score (nSPS) is 24.2. The third kappa shape index (κ3) is 2.03. The zero-order valence-corrected chi connectivity index (χ0v) is 11.0. The van der Waals surface area contributed by atoms with Crippen molar-refractivity contribution in [1.29, 1.82) is 0 Å². The predicted molar refractivity (Wildman–Crippen MR) is 72.4 cm³/mol. The highest BCUT2D eigenvalue weighted by Gasteiger charge is 2.50. The van der Waals surface area contributed by atoms with Crippen molar-refractivity contribution in [2.75, 3.05) is 11.9 Å². The minimum absolute atomic E-state index is 0.180. The summed E-state index contributed by atoms with van der Waals surface area (Å²) in [5.41, 5.74) is 3.81. The Kier molecular flexibility index (Phi) is 2.67. The van der Waals surface area contributed by atoms with Crippen LogP contribution in [-0.4, -0.2) is 12.5 Å². The Labute approximate surface area is 108 Å². The third-order valence-electron chi connectivity index (χ3n) is 4.23. The zero-order chi connectivity index (χ0) is 12.8. The van der Waals surface area contributed by atoms with E-state index in [0.29, 0.717) is 0 Å². The van der Waals surface area contributed by atoms with Gasteiger partial charge in [0.05, 0.1) is 0 Å². The van der Waals surface area contributed by atoms with E-state index in [1.165, 1.54) is 11.1 Å². The fraction of sp³-hybridized carbons (Fsp3) is 0.533. The molecule has 18 heavy (non-hydrogen) atoms. The maximum Gasteiger partial charge on any atom is 0.228 e. The van der Waals surface area contributed by atoms with Gasteiger partial charge in [-0.25, -0.2) is 0 Å². The van der Waals surface area contributed by atoms with Crippen LogP contribution in [0.5, 0.6) is 0 Å². The third-order valence-corrected chi connectivity index (χ3v) is 4.23. The van der Waals surface area contributed by atoms with Crippen LogP contribution in [0.2, 0.25) is 0 Å². The minimum Gasteiger partial charge on any atom is -0.326 e. The molecule has 3 nitrogen and oxygen atoms in total. The van der Waals surface area contributed by atoms with Crippen LogP contribution in [0.1, 0.15) is 31.4 Å². The van der Waals surface area contributed by atoms with Crippen molar-refractivity contribution < 1.29 is 4.79 Å². The maximum absolute atomic E-state index is 12.1. The molecule has 1 unspecified atom stereocenters. The van der Waals surface area contributed by atoms with Crippen LogP contribution in [0.25, 0.3) is 0 Å². The number of nitrogens with one attached hydrogen (secondary N) is 2. The molecule has 0 aromatic heterocycles. The largest absolute Gasteiger partial charge is 0.326 e. The molecule has 0 saturated heterocycles. The fourth-order valence-corrected chi connectivity index (χ4v) is 2.77. The van der Waals surface area contributed by atoms with E-state index in [0.717, 1.165) is 31.6 Å². The highest BCUT2D eigenvalue weighted by Crippen LogP contribution is 2.52. The molecular weight excluding hydrogens is 224 g/mol. The summed E-state index contributed by atoms with van der Waals surface area (Å²) in [5.74, 6) is 0.365. The van der Waals surface area contributed by atoms with Gasteiger partial charge in [0, 0.05) is 18.2 Å². The van der Waals surface area contributed by atoms with E-state index < -0.39 is 0 Å². The van der Waals surface area contributed by atoms with Crippen molar-refractivity contribution in [3.8, 4) is 0 Å². The average Bonchev–Trinajstić information content (AvgIpc) is 2.99. The van der Waals surface area contributed by atoms with Gasteiger partial charge in [-0.3, -0.25) is 4.79 Å². The molecule has 1 heterocycles. The summed E-state index contributed by atoms with van der Waals surface area (Å²) in [6, 6.07) is 6.21. The first-order valence-corrected chi connectivity index (χ1v) is 6.70. The number of amides is 1. The first kappa shape index (κ1) is 11.7. The lowest BCUT2D eigenvalue weighted by Gasteiger charge is -2.20. The number of rotatable bonds is 2. The van der Waals surface area contributed by atoms with Crippen molar-refractivity contribution in [2.24, 2.45) is 11.3 Å². The van der Waals surface area contributed by atoms with Crippen molar-refractivity contribution >= 4 is 11.6 Å². The van der Waals surface area contributed by atoms with Crippen LogP contribution >= 0.6 is 0 Å². The Bertz CT molecular complexity index is 493. The van der Waals surface area contributed by atoms with E-state index in [2.05, 4.69) is 30.5 Å². The second-order valence-corrected chi connectivity index (χ2v) is 6.10. The summed E-state index contributed by atoms with van der Waals surface area (Å²) in [4.78, 5) is 12.1. The first-order valence-electron chi connectivity index (χ1n) is 6.70. The Morgan fingerprint density at radius 3 is 2.94 bits per heavy atom. The van der Waals surface area contributed by atoms with Gasteiger partial charge < -0.3 is 10.6 Å².